The molecule has 0 aliphatic heterocycles. The minimum absolute atomic E-state index is 0.179. The number of para-hydroxylation sites is 1. The number of hydrogen-bond acceptors (Lipinski definition) is 4. The van der Waals surface area contributed by atoms with Gasteiger partial charge in [-0.1, -0.05) is 32.0 Å². The van der Waals surface area contributed by atoms with E-state index < -0.39 is 0 Å². The van der Waals surface area contributed by atoms with E-state index >= 15 is 0 Å². The van der Waals surface area contributed by atoms with Crippen LogP contribution in [0.2, 0.25) is 0 Å². The van der Waals surface area contributed by atoms with E-state index in [0.29, 0.717) is 29.3 Å². The van der Waals surface area contributed by atoms with Gasteiger partial charge < -0.3 is 20.5 Å². The molecule has 0 saturated carbocycles. The van der Waals surface area contributed by atoms with Crippen molar-refractivity contribution in [2.45, 2.75) is 19.3 Å². The molecule has 0 aromatic heterocycles. The van der Waals surface area contributed by atoms with Gasteiger partial charge in [0.25, 0.3) is 5.91 Å². The Morgan fingerprint density at radius 2 is 1.75 bits per heavy atom. The van der Waals surface area contributed by atoms with Crippen LogP contribution < -0.4 is 20.5 Å². The number of rotatable bonds is 6. The van der Waals surface area contributed by atoms with Gasteiger partial charge in [-0.2, -0.15) is 0 Å². The molecule has 1 amide bonds. The Balaban J connectivity index is 2.14. The highest BCUT2D eigenvalue weighted by Crippen LogP contribution is 2.32. The summed E-state index contributed by atoms with van der Waals surface area (Å²) in [5, 5.41) is 2.95. The van der Waals surface area contributed by atoms with Gasteiger partial charge in [-0.15, -0.1) is 0 Å². The number of benzene rings is 2. The summed E-state index contributed by atoms with van der Waals surface area (Å²) < 4.78 is 10.6. The minimum Gasteiger partial charge on any atom is -0.493 e. The summed E-state index contributed by atoms with van der Waals surface area (Å²) in [5.41, 5.74) is 7.57. The lowest BCUT2D eigenvalue weighted by Gasteiger charge is -2.26. The molecule has 2 aromatic rings. The van der Waals surface area contributed by atoms with Crippen molar-refractivity contribution in [3.63, 3.8) is 0 Å². The molecule has 24 heavy (non-hydrogen) atoms. The third kappa shape index (κ3) is 3.79. The van der Waals surface area contributed by atoms with Crippen LogP contribution >= 0.6 is 0 Å². The molecule has 0 radical (unpaired) electrons. The monoisotopic (exact) mass is 328 g/mol. The van der Waals surface area contributed by atoms with Gasteiger partial charge in [0.05, 0.1) is 19.8 Å². The Labute approximate surface area is 142 Å². The van der Waals surface area contributed by atoms with Crippen molar-refractivity contribution >= 4 is 11.6 Å². The first-order valence-corrected chi connectivity index (χ1v) is 7.74. The molecule has 2 rings (SSSR count). The van der Waals surface area contributed by atoms with Crippen LogP contribution in [0.15, 0.2) is 42.5 Å². The summed E-state index contributed by atoms with van der Waals surface area (Å²) in [6, 6.07) is 12.8. The first-order valence-electron chi connectivity index (χ1n) is 7.74. The van der Waals surface area contributed by atoms with E-state index in [9.17, 15) is 4.79 Å². The summed E-state index contributed by atoms with van der Waals surface area (Å²) in [6.07, 6.45) is 0. The van der Waals surface area contributed by atoms with Crippen LogP contribution in [0.5, 0.6) is 11.5 Å². The van der Waals surface area contributed by atoms with Crippen molar-refractivity contribution in [1.29, 1.82) is 0 Å². The fourth-order valence-electron chi connectivity index (χ4n) is 2.46. The summed E-state index contributed by atoms with van der Waals surface area (Å²) >= 11 is 0. The highest BCUT2D eigenvalue weighted by molar-refractivity contribution is 5.99. The maximum Gasteiger partial charge on any atom is 0.253 e. The number of carbonyl (C=O) groups excluding carboxylic acids is 1. The van der Waals surface area contributed by atoms with Gasteiger partial charge >= 0.3 is 0 Å². The molecule has 5 nitrogen and oxygen atoms in total. The largest absolute Gasteiger partial charge is 0.493 e. The van der Waals surface area contributed by atoms with Crippen molar-refractivity contribution in [3.05, 3.63) is 53.6 Å². The molecule has 0 heterocycles. The molecule has 0 unspecified atom stereocenters. The smallest absolute Gasteiger partial charge is 0.253 e. The Bertz CT molecular complexity index is 726. The molecule has 2 aromatic carbocycles. The lowest BCUT2D eigenvalue weighted by atomic mass is 9.84. The van der Waals surface area contributed by atoms with E-state index in [4.69, 9.17) is 15.2 Å². The number of hydrogen-bond donors (Lipinski definition) is 2. The van der Waals surface area contributed by atoms with Crippen molar-refractivity contribution in [2.24, 2.45) is 0 Å². The lowest BCUT2D eigenvalue weighted by Crippen LogP contribution is -2.37. The van der Waals surface area contributed by atoms with Gasteiger partial charge in [0.2, 0.25) is 0 Å². The second-order valence-corrected chi connectivity index (χ2v) is 6.22. The first-order chi connectivity index (χ1) is 11.4. The van der Waals surface area contributed by atoms with Crippen molar-refractivity contribution in [3.8, 4) is 11.5 Å². The van der Waals surface area contributed by atoms with Crippen molar-refractivity contribution < 1.29 is 14.3 Å². The fraction of sp³-hybridized carbons (Fsp3) is 0.316. The van der Waals surface area contributed by atoms with Gasteiger partial charge in [-0.05, 0) is 29.8 Å². The maximum atomic E-state index is 12.3. The molecule has 0 spiro atoms. The molecular formula is C19H24N2O3. The van der Waals surface area contributed by atoms with Gasteiger partial charge in [0.1, 0.15) is 0 Å². The standard InChI is InChI=1S/C19H24N2O3/c1-19(2,13-9-10-16(23-3)17(11-13)24-4)12-21-18(22)14-7-5-6-8-15(14)20/h5-11H,12,20H2,1-4H3,(H,21,22). The summed E-state index contributed by atoms with van der Waals surface area (Å²) in [6.45, 7) is 4.58. The average molecular weight is 328 g/mol. The molecule has 128 valence electrons. The Morgan fingerprint density at radius 3 is 2.38 bits per heavy atom. The SMILES string of the molecule is COc1ccc(C(C)(C)CNC(=O)c2ccccc2N)cc1OC. The zero-order chi connectivity index (χ0) is 17.7. The quantitative estimate of drug-likeness (QED) is 0.800. The van der Waals surface area contributed by atoms with Crippen LogP contribution in [-0.4, -0.2) is 26.7 Å². The van der Waals surface area contributed by atoms with Crippen LogP contribution in [0.3, 0.4) is 0 Å². The lowest BCUT2D eigenvalue weighted by molar-refractivity contribution is 0.0946. The highest BCUT2D eigenvalue weighted by atomic mass is 16.5. The molecule has 0 saturated heterocycles. The second kappa shape index (κ2) is 7.25. The van der Waals surface area contributed by atoms with E-state index in [2.05, 4.69) is 19.2 Å². The zero-order valence-corrected chi connectivity index (χ0v) is 14.6. The maximum absolute atomic E-state index is 12.3. The average Bonchev–Trinajstić information content (AvgIpc) is 2.59. The summed E-state index contributed by atoms with van der Waals surface area (Å²) in [4.78, 5) is 12.3. The Morgan fingerprint density at radius 1 is 1.08 bits per heavy atom. The van der Waals surface area contributed by atoms with Crippen LogP contribution in [-0.2, 0) is 5.41 Å². The first kappa shape index (κ1) is 17.7. The number of methoxy groups -OCH3 is 2. The van der Waals surface area contributed by atoms with E-state index in [1.807, 2.05) is 18.2 Å². The van der Waals surface area contributed by atoms with Gasteiger partial charge in [0, 0.05) is 17.6 Å². The van der Waals surface area contributed by atoms with E-state index in [1.165, 1.54) is 0 Å². The Hall–Kier alpha value is -2.69. The fourth-order valence-corrected chi connectivity index (χ4v) is 2.46. The zero-order valence-electron chi connectivity index (χ0n) is 14.6. The summed E-state index contributed by atoms with van der Waals surface area (Å²) in [7, 11) is 3.21. The predicted molar refractivity (Wildman–Crippen MR) is 95.8 cm³/mol. The van der Waals surface area contributed by atoms with E-state index in [1.54, 1.807) is 38.5 Å². The molecule has 5 heteroatoms. The molecule has 0 aliphatic rings. The van der Waals surface area contributed by atoms with Crippen LogP contribution in [0.4, 0.5) is 5.69 Å². The third-order valence-electron chi connectivity index (χ3n) is 4.06. The van der Waals surface area contributed by atoms with E-state index in [0.717, 1.165) is 5.56 Å². The molecule has 3 N–H and O–H groups in total. The second-order valence-electron chi connectivity index (χ2n) is 6.22. The number of nitrogen functional groups attached to an aromatic ring is 1. The number of amides is 1. The van der Waals surface area contributed by atoms with Gasteiger partial charge in [0.15, 0.2) is 11.5 Å². The van der Waals surface area contributed by atoms with Crippen LogP contribution in [0.25, 0.3) is 0 Å². The highest BCUT2D eigenvalue weighted by Gasteiger charge is 2.23. The van der Waals surface area contributed by atoms with Crippen molar-refractivity contribution in [1.82, 2.24) is 5.32 Å². The van der Waals surface area contributed by atoms with Gasteiger partial charge in [-0.3, -0.25) is 4.79 Å². The van der Waals surface area contributed by atoms with Crippen LogP contribution in [0, 0.1) is 0 Å². The topological polar surface area (TPSA) is 73.6 Å². The molecular weight excluding hydrogens is 304 g/mol. The predicted octanol–water partition coefficient (Wildman–Crippen LogP) is 2.99. The van der Waals surface area contributed by atoms with Crippen LogP contribution in [0.1, 0.15) is 29.8 Å². The number of ether oxygens (including phenoxy) is 2. The molecule has 0 bridgehead atoms. The minimum atomic E-state index is -0.279. The number of nitrogens with two attached hydrogens (primary N) is 1. The normalized spacial score (nSPS) is 11.0. The van der Waals surface area contributed by atoms with E-state index in [-0.39, 0.29) is 11.3 Å². The molecule has 0 aliphatic carbocycles. The van der Waals surface area contributed by atoms with Gasteiger partial charge in [-0.25, -0.2) is 0 Å². The number of nitrogens with one attached hydrogen (secondary N) is 1. The van der Waals surface area contributed by atoms with Crippen molar-refractivity contribution in [2.75, 3.05) is 26.5 Å². The molecule has 0 fully saturated rings. The number of anilines is 1. The summed E-state index contributed by atoms with van der Waals surface area (Å²) in [5.74, 6) is 1.17. The Kier molecular flexibility index (Phi) is 5.34. The molecule has 0 atom stereocenters. The third-order valence-corrected chi connectivity index (χ3v) is 4.06. The number of carbonyl (C=O) groups is 1.